The van der Waals surface area contributed by atoms with E-state index in [4.69, 9.17) is 30.4 Å². The van der Waals surface area contributed by atoms with E-state index in [9.17, 15) is 0 Å². The molecule has 0 fully saturated rings. The van der Waals surface area contributed by atoms with Crippen molar-refractivity contribution in [2.75, 3.05) is 0 Å². The monoisotopic (exact) mass is 945 g/mol. The number of hydrogen-bond acceptors (Lipinski definition) is 6. The molecule has 0 radical (unpaired) electrons. The Kier molecular flexibility index (Phi) is 21.5. The highest BCUT2D eigenvalue weighted by molar-refractivity contribution is 5.73. The van der Waals surface area contributed by atoms with Gasteiger partial charge in [0.2, 0.25) is 0 Å². The Labute approximate surface area is 420 Å². The fraction of sp³-hybridized carbons (Fsp3) is 0.533. The number of pyridine rings is 2. The Balaban J connectivity index is 1.15. The van der Waals surface area contributed by atoms with Crippen molar-refractivity contribution < 1.29 is 0 Å². The fourth-order valence-electron chi connectivity index (χ4n) is 9.56. The fourth-order valence-corrected chi connectivity index (χ4v) is 9.56. The van der Waals surface area contributed by atoms with Crippen LogP contribution in [0.5, 0.6) is 0 Å². The van der Waals surface area contributed by atoms with Crippen molar-refractivity contribution in [3.8, 4) is 45.5 Å². The number of nitrogens with zero attached hydrogens (tertiary/aromatic N) is 10. The van der Waals surface area contributed by atoms with Crippen LogP contribution in [0.25, 0.3) is 45.5 Å². The zero-order valence-corrected chi connectivity index (χ0v) is 43.5. The van der Waals surface area contributed by atoms with E-state index in [0.29, 0.717) is 0 Å². The van der Waals surface area contributed by atoms with Crippen molar-refractivity contribution in [3.05, 3.63) is 120 Å². The first-order chi connectivity index (χ1) is 34.5. The van der Waals surface area contributed by atoms with E-state index in [1.807, 2.05) is 43.5 Å². The van der Waals surface area contributed by atoms with Gasteiger partial charge in [-0.15, -0.1) is 0 Å². The lowest BCUT2D eigenvalue weighted by molar-refractivity contribution is 0.607. The van der Waals surface area contributed by atoms with E-state index in [1.54, 1.807) is 0 Å². The summed E-state index contributed by atoms with van der Waals surface area (Å²) in [6.07, 6.45) is 51.5. The smallest absolute Gasteiger partial charge is 0.156 e. The molecule has 0 aliphatic heterocycles. The van der Waals surface area contributed by atoms with Gasteiger partial charge in [-0.25, -0.2) is 28.7 Å². The normalized spacial score (nSPS) is 11.6. The molecule has 0 amide bonds. The van der Waals surface area contributed by atoms with Crippen molar-refractivity contribution >= 4 is 0 Å². The van der Waals surface area contributed by atoms with Crippen molar-refractivity contribution in [2.45, 2.75) is 207 Å². The van der Waals surface area contributed by atoms with Crippen molar-refractivity contribution in [3.63, 3.8) is 0 Å². The zero-order chi connectivity index (χ0) is 48.6. The molecule has 0 spiro atoms. The Morgan fingerprint density at radius 3 is 0.757 bits per heavy atom. The highest BCUT2D eigenvalue weighted by Gasteiger charge is 2.15. The second-order valence-corrected chi connectivity index (χ2v) is 20.0. The van der Waals surface area contributed by atoms with E-state index in [2.05, 4.69) is 101 Å². The van der Waals surface area contributed by atoms with Gasteiger partial charge in [0.05, 0.1) is 24.8 Å². The van der Waals surface area contributed by atoms with Crippen LogP contribution in [0.3, 0.4) is 0 Å². The summed E-state index contributed by atoms with van der Waals surface area (Å²) in [5.41, 5.74) is 9.31. The molecule has 0 atom stereocenters. The highest BCUT2D eigenvalue weighted by Crippen LogP contribution is 2.30. The lowest BCUT2D eigenvalue weighted by atomic mass is 10.0. The van der Waals surface area contributed by atoms with Gasteiger partial charge in [0, 0.05) is 24.8 Å². The Morgan fingerprint density at radius 2 is 0.514 bits per heavy atom. The van der Waals surface area contributed by atoms with Gasteiger partial charge >= 0.3 is 0 Å². The van der Waals surface area contributed by atoms with Crippen molar-refractivity contribution in [1.82, 2.24) is 49.1 Å². The quantitative estimate of drug-likeness (QED) is 0.0373. The third-order valence-electron chi connectivity index (χ3n) is 13.9. The molecular formula is C60H84N10. The molecule has 70 heavy (non-hydrogen) atoms. The Morgan fingerprint density at radius 1 is 0.286 bits per heavy atom. The molecule has 0 unspecified atom stereocenters. The molecule has 0 bridgehead atoms. The maximum atomic E-state index is 5.17. The Hall–Kier alpha value is -5.64. The first-order valence-corrected chi connectivity index (χ1v) is 27.8. The first-order valence-electron chi connectivity index (χ1n) is 27.8. The predicted molar refractivity (Wildman–Crippen MR) is 290 cm³/mol. The molecule has 6 heterocycles. The summed E-state index contributed by atoms with van der Waals surface area (Å²) in [5, 5.41) is 19.4. The van der Waals surface area contributed by atoms with E-state index < -0.39 is 0 Å². The summed E-state index contributed by atoms with van der Waals surface area (Å²) in [6, 6.07) is 17.5. The van der Waals surface area contributed by atoms with E-state index >= 15 is 0 Å². The number of hydrogen-bond donors (Lipinski definition) is 0. The lowest BCUT2D eigenvalue weighted by Crippen LogP contribution is -2.05. The molecule has 0 N–H and O–H groups in total. The van der Waals surface area contributed by atoms with Gasteiger partial charge in [0.15, 0.2) is 23.3 Å². The molecule has 0 aliphatic carbocycles. The van der Waals surface area contributed by atoms with Gasteiger partial charge in [-0.2, -0.15) is 20.4 Å². The average molecular weight is 945 g/mol. The molecule has 7 aromatic rings. The van der Waals surface area contributed by atoms with Gasteiger partial charge in [-0.05, 0) is 120 Å². The maximum Gasteiger partial charge on any atom is 0.156 e. The van der Waals surface area contributed by atoms with Crippen LogP contribution >= 0.6 is 0 Å². The molecule has 6 aromatic heterocycles. The maximum absolute atomic E-state index is 5.17. The van der Waals surface area contributed by atoms with Crippen molar-refractivity contribution in [1.29, 1.82) is 0 Å². The second-order valence-electron chi connectivity index (χ2n) is 20.0. The lowest BCUT2D eigenvalue weighted by Gasteiger charge is -2.12. The second kappa shape index (κ2) is 28.9. The van der Waals surface area contributed by atoms with Gasteiger partial charge < -0.3 is 0 Å². The van der Waals surface area contributed by atoms with Gasteiger partial charge in [0.1, 0.15) is 0 Å². The van der Waals surface area contributed by atoms with Crippen LogP contribution in [0.4, 0.5) is 0 Å². The third kappa shape index (κ3) is 16.2. The van der Waals surface area contributed by atoms with Crippen LogP contribution in [0.2, 0.25) is 0 Å². The van der Waals surface area contributed by atoms with Crippen LogP contribution in [0, 0.1) is 0 Å². The minimum Gasteiger partial charge on any atom is -0.222 e. The standard InChI is InChI=1S/C60H84N10/c1-5-9-13-17-21-25-29-49-41-61-67(45-49)57-37-55(38-58(65-57)68-46-50(42-62-68)30-26-22-18-14-10-6-2)53-33-35-54(36-34-53)56-39-59(69-47-51(43-63-69)31-27-23-19-15-11-7-3)66-60(40-56)70-48-52(44-64-70)32-28-24-20-16-12-8-4/h33-48H,5-32H2,1-4H3. The van der Waals surface area contributed by atoms with Crippen LogP contribution in [-0.4, -0.2) is 49.1 Å². The van der Waals surface area contributed by atoms with Gasteiger partial charge in [-0.1, -0.05) is 180 Å². The molecule has 0 saturated carbocycles. The third-order valence-corrected chi connectivity index (χ3v) is 13.9. The molecule has 374 valence electrons. The van der Waals surface area contributed by atoms with E-state index in [1.165, 1.54) is 176 Å². The molecule has 0 saturated heterocycles. The van der Waals surface area contributed by atoms with Gasteiger partial charge in [0.25, 0.3) is 0 Å². The van der Waals surface area contributed by atoms with Crippen LogP contribution < -0.4 is 0 Å². The number of aromatic nitrogens is 10. The van der Waals surface area contributed by atoms with Crippen LogP contribution in [0.1, 0.15) is 204 Å². The van der Waals surface area contributed by atoms with Gasteiger partial charge in [-0.3, -0.25) is 0 Å². The minimum absolute atomic E-state index is 0.785. The largest absolute Gasteiger partial charge is 0.222 e. The molecule has 1 aromatic carbocycles. The summed E-state index contributed by atoms with van der Waals surface area (Å²) in [4.78, 5) is 10.3. The van der Waals surface area contributed by atoms with E-state index in [-0.39, 0.29) is 0 Å². The Bertz CT molecular complexity index is 2220. The van der Waals surface area contributed by atoms with Crippen molar-refractivity contribution in [2.24, 2.45) is 0 Å². The summed E-state index contributed by atoms with van der Waals surface area (Å²) >= 11 is 0. The summed E-state index contributed by atoms with van der Waals surface area (Å²) in [6.45, 7) is 9.10. The topological polar surface area (TPSA) is 97.1 Å². The number of aryl methyl sites for hydroxylation is 4. The number of unbranched alkanes of at least 4 members (excludes halogenated alkanes) is 20. The molecule has 0 aliphatic rings. The predicted octanol–water partition coefficient (Wildman–Crippen LogP) is 16.2. The molecule has 10 heteroatoms. The summed E-state index contributed by atoms with van der Waals surface area (Å²) in [5.74, 6) is 3.14. The minimum atomic E-state index is 0.785. The highest BCUT2D eigenvalue weighted by atomic mass is 15.3. The number of benzene rings is 1. The molecular weight excluding hydrogens is 861 g/mol. The number of rotatable bonds is 34. The van der Waals surface area contributed by atoms with E-state index in [0.717, 1.165) is 71.2 Å². The SMILES string of the molecule is CCCCCCCCc1cnn(-c2cc(-c3ccc(-c4cc(-n5cc(CCCCCCCC)cn5)nc(-n5cc(CCCCCCCC)cn5)c4)cc3)cc(-n3cc(CCCCCCCC)cn3)n2)c1. The average Bonchev–Trinajstić information content (AvgIpc) is 4.25. The summed E-state index contributed by atoms with van der Waals surface area (Å²) < 4.78 is 7.77. The molecule has 10 nitrogen and oxygen atoms in total. The molecule has 7 rings (SSSR count). The van der Waals surface area contributed by atoms with Crippen LogP contribution in [0.15, 0.2) is 98.1 Å². The van der Waals surface area contributed by atoms with Crippen LogP contribution in [-0.2, 0) is 25.7 Å². The summed E-state index contributed by atoms with van der Waals surface area (Å²) in [7, 11) is 0. The first kappa shape index (κ1) is 52.2. The zero-order valence-electron chi connectivity index (χ0n) is 43.5.